The van der Waals surface area contributed by atoms with Crippen LogP contribution in [0.2, 0.25) is 0 Å². The molecule has 0 bridgehead atoms. The molecule has 0 fully saturated rings. The van der Waals surface area contributed by atoms with E-state index in [0.717, 1.165) is 19.4 Å². The average molecular weight is 548 g/mol. The minimum Gasteiger partial charge on any atom is -0.456 e. The van der Waals surface area contributed by atoms with Gasteiger partial charge in [0, 0.05) is 12.1 Å². The van der Waals surface area contributed by atoms with Crippen molar-refractivity contribution in [3.8, 4) is 0 Å². The number of nitrogens with two attached hydrogens (primary N) is 1. The summed E-state index contributed by atoms with van der Waals surface area (Å²) in [4.78, 5) is 39.8. The molecule has 4 N–H and O–H groups in total. The maximum atomic E-state index is 13.9. The Morgan fingerprint density at radius 1 is 0.872 bits per heavy atom. The maximum Gasteiger partial charge on any atom is 0.408 e. The van der Waals surface area contributed by atoms with Crippen molar-refractivity contribution in [2.24, 2.45) is 5.73 Å². The second-order valence-electron chi connectivity index (χ2n) is 12.1. The molecule has 0 radical (unpaired) electrons. The molecule has 0 heterocycles. The lowest BCUT2D eigenvalue weighted by Gasteiger charge is -2.25. The number of ether oxygens (including phenoxy) is 2. The maximum absolute atomic E-state index is 13.9. The van der Waals surface area contributed by atoms with Crippen molar-refractivity contribution in [1.29, 1.82) is 0 Å². The van der Waals surface area contributed by atoms with Crippen LogP contribution in [0.5, 0.6) is 0 Å². The van der Waals surface area contributed by atoms with Crippen molar-refractivity contribution in [2.75, 3.05) is 13.1 Å². The molecule has 1 aromatic rings. The van der Waals surface area contributed by atoms with E-state index < -0.39 is 29.3 Å². The predicted octanol–water partition coefficient (Wildman–Crippen LogP) is 6.30. The third-order valence-electron chi connectivity index (χ3n) is 6.00. The van der Waals surface area contributed by atoms with Gasteiger partial charge in [-0.1, -0.05) is 57.2 Å². The Kier molecular flexibility index (Phi) is 15.3. The first-order valence-electron chi connectivity index (χ1n) is 14.6. The molecule has 1 aromatic carbocycles. The summed E-state index contributed by atoms with van der Waals surface area (Å²) >= 11 is 0. The number of alkyl carbamates (subject to hydrolysis) is 1. The van der Waals surface area contributed by atoms with Crippen molar-refractivity contribution < 1.29 is 23.9 Å². The van der Waals surface area contributed by atoms with Gasteiger partial charge in [0.05, 0.1) is 11.6 Å². The molecule has 1 atom stereocenters. The molecule has 0 aromatic heterocycles. The minimum absolute atomic E-state index is 0.233. The molecular weight excluding hydrogens is 494 g/mol. The summed E-state index contributed by atoms with van der Waals surface area (Å²) in [5.41, 5.74) is 5.39. The van der Waals surface area contributed by atoms with Crippen LogP contribution in [0, 0.1) is 0 Å². The van der Waals surface area contributed by atoms with Crippen LogP contribution in [-0.4, -0.2) is 48.2 Å². The Hall–Kier alpha value is -2.45. The van der Waals surface area contributed by atoms with Gasteiger partial charge in [0.15, 0.2) is 5.78 Å². The van der Waals surface area contributed by atoms with E-state index in [9.17, 15) is 14.4 Å². The van der Waals surface area contributed by atoms with Crippen LogP contribution in [0.4, 0.5) is 4.79 Å². The Labute approximate surface area is 236 Å². The van der Waals surface area contributed by atoms with E-state index in [1.165, 1.54) is 25.7 Å². The first-order valence-corrected chi connectivity index (χ1v) is 14.6. The van der Waals surface area contributed by atoms with Crippen LogP contribution in [0.25, 0.3) is 0 Å². The fourth-order valence-electron chi connectivity index (χ4n) is 4.18. The molecule has 0 saturated heterocycles. The number of carbonyl (C=O) groups excluding carboxylic acids is 3. The highest BCUT2D eigenvalue weighted by Crippen LogP contribution is 2.23. The van der Waals surface area contributed by atoms with E-state index in [4.69, 9.17) is 15.2 Å². The molecule has 0 aliphatic heterocycles. The average Bonchev–Trinajstić information content (AvgIpc) is 2.82. The topological polar surface area (TPSA) is 120 Å². The summed E-state index contributed by atoms with van der Waals surface area (Å²) in [5, 5.41) is 6.15. The van der Waals surface area contributed by atoms with Crippen molar-refractivity contribution in [1.82, 2.24) is 10.6 Å². The van der Waals surface area contributed by atoms with Gasteiger partial charge in [0.25, 0.3) is 0 Å². The number of hydrogen-bond acceptors (Lipinski definition) is 7. The van der Waals surface area contributed by atoms with E-state index in [2.05, 4.69) is 17.6 Å². The molecular formula is C31H53N3O5. The SMILES string of the molecule is CCCCCCCCNCc1cccc(C(=O)[C@H](CCCCN)NC(=O)OC(C)(C)C)c1C(=O)OC(C)(C)C. The highest BCUT2D eigenvalue weighted by molar-refractivity contribution is 6.10. The summed E-state index contributed by atoms with van der Waals surface area (Å²) in [5.74, 6) is -0.905. The van der Waals surface area contributed by atoms with Gasteiger partial charge in [0.2, 0.25) is 0 Å². The van der Waals surface area contributed by atoms with Gasteiger partial charge in [-0.3, -0.25) is 4.79 Å². The second-order valence-corrected chi connectivity index (χ2v) is 12.1. The number of nitrogens with one attached hydrogen (secondary N) is 2. The molecule has 222 valence electrons. The number of benzene rings is 1. The quantitative estimate of drug-likeness (QED) is 0.119. The summed E-state index contributed by atoms with van der Waals surface area (Å²) in [6, 6.07) is 4.38. The van der Waals surface area contributed by atoms with Crippen molar-refractivity contribution in [3.05, 3.63) is 34.9 Å². The Balaban J connectivity index is 3.21. The number of ketones is 1. The molecule has 0 unspecified atom stereocenters. The van der Waals surface area contributed by atoms with Crippen LogP contribution in [0.15, 0.2) is 18.2 Å². The van der Waals surface area contributed by atoms with Gasteiger partial charge in [-0.05, 0) is 85.9 Å². The summed E-state index contributed by atoms with van der Waals surface area (Å²) in [6.07, 6.45) is 8.23. The number of esters is 1. The van der Waals surface area contributed by atoms with Crippen LogP contribution < -0.4 is 16.4 Å². The highest BCUT2D eigenvalue weighted by atomic mass is 16.6. The lowest BCUT2D eigenvalue weighted by atomic mass is 9.92. The van der Waals surface area contributed by atoms with E-state index in [1.54, 1.807) is 53.7 Å². The standard InChI is InChI=1S/C31H53N3O5/c1-8-9-10-11-12-15-21-33-22-23-17-16-18-24(26(23)28(36)38-30(2,3)4)27(35)25(19-13-14-20-32)34-29(37)39-31(5,6)7/h16-18,25,33H,8-15,19-22,32H2,1-7H3,(H,34,37)/t25-/m0/s1. The molecule has 0 aliphatic carbocycles. The largest absolute Gasteiger partial charge is 0.456 e. The van der Waals surface area contributed by atoms with Crippen molar-refractivity contribution in [3.63, 3.8) is 0 Å². The van der Waals surface area contributed by atoms with Crippen LogP contribution in [-0.2, 0) is 16.0 Å². The van der Waals surface area contributed by atoms with Gasteiger partial charge in [-0.15, -0.1) is 0 Å². The molecule has 8 nitrogen and oxygen atoms in total. The van der Waals surface area contributed by atoms with Crippen molar-refractivity contribution in [2.45, 2.75) is 130 Å². The monoisotopic (exact) mass is 547 g/mol. The van der Waals surface area contributed by atoms with Gasteiger partial charge < -0.3 is 25.8 Å². The zero-order chi connectivity index (χ0) is 29.5. The summed E-state index contributed by atoms with van der Waals surface area (Å²) < 4.78 is 11.1. The molecule has 1 amide bonds. The van der Waals surface area contributed by atoms with Gasteiger partial charge in [0.1, 0.15) is 11.2 Å². The molecule has 0 spiro atoms. The second kappa shape index (κ2) is 17.3. The van der Waals surface area contributed by atoms with Gasteiger partial charge in [-0.25, -0.2) is 9.59 Å². The first-order chi connectivity index (χ1) is 18.3. The van der Waals surface area contributed by atoms with Gasteiger partial charge >= 0.3 is 12.1 Å². The van der Waals surface area contributed by atoms with E-state index in [1.807, 2.05) is 6.07 Å². The fourth-order valence-corrected chi connectivity index (χ4v) is 4.18. The number of unbranched alkanes of at least 4 members (excludes halogenated alkanes) is 6. The first kappa shape index (κ1) is 34.6. The van der Waals surface area contributed by atoms with Gasteiger partial charge in [-0.2, -0.15) is 0 Å². The lowest BCUT2D eigenvalue weighted by molar-refractivity contribution is 0.00662. The third kappa shape index (κ3) is 14.5. The normalized spacial score (nSPS) is 12.6. The van der Waals surface area contributed by atoms with E-state index in [-0.39, 0.29) is 16.9 Å². The third-order valence-corrected chi connectivity index (χ3v) is 6.00. The lowest BCUT2D eigenvalue weighted by Crippen LogP contribution is -2.44. The van der Waals surface area contributed by atoms with Crippen LogP contribution in [0.1, 0.15) is 133 Å². The molecule has 39 heavy (non-hydrogen) atoms. The molecule has 1 rings (SSSR count). The predicted molar refractivity (Wildman–Crippen MR) is 157 cm³/mol. The van der Waals surface area contributed by atoms with Crippen LogP contribution >= 0.6 is 0 Å². The number of carbonyl (C=O) groups is 3. The zero-order valence-electron chi connectivity index (χ0n) is 25.4. The fraction of sp³-hybridized carbons (Fsp3) is 0.710. The minimum atomic E-state index is -0.862. The van der Waals surface area contributed by atoms with Crippen molar-refractivity contribution >= 4 is 17.8 Å². The number of amides is 1. The summed E-state index contributed by atoms with van der Waals surface area (Å²) in [6.45, 7) is 14.6. The highest BCUT2D eigenvalue weighted by Gasteiger charge is 2.31. The molecule has 8 heteroatoms. The van der Waals surface area contributed by atoms with Crippen LogP contribution in [0.3, 0.4) is 0 Å². The Bertz CT molecular complexity index is 902. The molecule has 0 saturated carbocycles. The van der Waals surface area contributed by atoms with E-state index in [0.29, 0.717) is 37.9 Å². The smallest absolute Gasteiger partial charge is 0.408 e. The summed E-state index contributed by atoms with van der Waals surface area (Å²) in [7, 11) is 0. The Morgan fingerprint density at radius 3 is 2.13 bits per heavy atom. The van der Waals surface area contributed by atoms with E-state index >= 15 is 0 Å². The Morgan fingerprint density at radius 2 is 1.51 bits per heavy atom. The molecule has 0 aliphatic rings. The number of hydrogen-bond donors (Lipinski definition) is 3. The zero-order valence-corrected chi connectivity index (χ0v) is 25.4. The number of rotatable bonds is 17. The number of Topliss-reactive ketones (excluding diaryl/α,β-unsaturated/α-hetero) is 1.